The average molecular weight is 479 g/mol. The molecule has 0 amide bonds. The van der Waals surface area contributed by atoms with Crippen molar-refractivity contribution >= 4 is 0 Å². The molecule has 0 saturated heterocycles. The number of fused-ring (bicyclic) bond motifs is 5. The van der Waals surface area contributed by atoms with Crippen molar-refractivity contribution in [2.45, 2.75) is 111 Å². The summed E-state index contributed by atoms with van der Waals surface area (Å²) < 4.78 is 18.4. The minimum atomic E-state index is 0.310. The van der Waals surface area contributed by atoms with Crippen LogP contribution in [-0.4, -0.2) is 44.4 Å². The standard InChI is InChI=1S/C30H54O4/c1-7-22-26-18-21(33-8-2)13-15-30(26,5)25-14-16-29(4)23(20(3)10-9-17-31)11-12-24(29)27(25)28(22)34-19-32-6/h20-28,31H,7-19H2,1-6H3/t20-,21-,22-,23-,24?,25?,26+,27?,28-,29-,30-/m1/s1. The molecule has 0 bridgehead atoms. The molecule has 1 N–H and O–H groups in total. The zero-order valence-electron chi connectivity index (χ0n) is 23.1. The van der Waals surface area contributed by atoms with E-state index in [1.807, 2.05) is 0 Å². The van der Waals surface area contributed by atoms with E-state index in [2.05, 4.69) is 34.6 Å². The predicted molar refractivity (Wildman–Crippen MR) is 137 cm³/mol. The number of rotatable bonds is 10. The van der Waals surface area contributed by atoms with Gasteiger partial charge in [0.05, 0.1) is 12.2 Å². The third-order valence-corrected chi connectivity index (χ3v) is 11.7. The number of aliphatic hydroxyl groups excluding tert-OH is 1. The Morgan fingerprint density at radius 1 is 0.941 bits per heavy atom. The highest BCUT2D eigenvalue weighted by molar-refractivity contribution is 5.14. The molecule has 4 nitrogen and oxygen atoms in total. The lowest BCUT2D eigenvalue weighted by molar-refractivity contribution is -0.236. The lowest BCUT2D eigenvalue weighted by atomic mass is 9.41. The number of methoxy groups -OCH3 is 1. The summed E-state index contributed by atoms with van der Waals surface area (Å²) in [5.74, 6) is 4.94. The van der Waals surface area contributed by atoms with Gasteiger partial charge in [-0.2, -0.15) is 0 Å². The Balaban J connectivity index is 1.66. The van der Waals surface area contributed by atoms with Gasteiger partial charge in [-0.05, 0) is 117 Å². The molecule has 0 aromatic rings. The average Bonchev–Trinajstić information content (AvgIpc) is 3.18. The molecule has 34 heavy (non-hydrogen) atoms. The molecular formula is C30H54O4. The molecule has 0 aromatic heterocycles. The van der Waals surface area contributed by atoms with Crippen LogP contribution in [0.4, 0.5) is 0 Å². The molecule has 4 fully saturated rings. The summed E-state index contributed by atoms with van der Waals surface area (Å²) in [6, 6.07) is 0. The molecular weight excluding hydrogens is 424 g/mol. The Kier molecular flexibility index (Phi) is 8.76. The third-order valence-electron chi connectivity index (χ3n) is 11.7. The molecule has 0 spiro atoms. The first kappa shape index (κ1) is 26.9. The van der Waals surface area contributed by atoms with Gasteiger partial charge in [-0.25, -0.2) is 0 Å². The van der Waals surface area contributed by atoms with Gasteiger partial charge in [0.2, 0.25) is 0 Å². The van der Waals surface area contributed by atoms with Gasteiger partial charge >= 0.3 is 0 Å². The first-order chi connectivity index (χ1) is 16.4. The van der Waals surface area contributed by atoms with Gasteiger partial charge in [-0.3, -0.25) is 0 Å². The summed E-state index contributed by atoms with van der Waals surface area (Å²) in [4.78, 5) is 0. The van der Waals surface area contributed by atoms with E-state index in [-0.39, 0.29) is 0 Å². The largest absolute Gasteiger partial charge is 0.396 e. The number of hydrogen-bond donors (Lipinski definition) is 1. The van der Waals surface area contributed by atoms with Crippen LogP contribution in [0.2, 0.25) is 0 Å². The van der Waals surface area contributed by atoms with Gasteiger partial charge in [0.1, 0.15) is 6.79 Å². The van der Waals surface area contributed by atoms with Gasteiger partial charge in [-0.15, -0.1) is 0 Å². The van der Waals surface area contributed by atoms with Crippen LogP contribution in [0, 0.1) is 52.3 Å². The van der Waals surface area contributed by atoms with Crippen LogP contribution in [0.3, 0.4) is 0 Å². The molecule has 0 aromatic carbocycles. The smallest absolute Gasteiger partial charge is 0.146 e. The predicted octanol–water partition coefficient (Wildman–Crippen LogP) is 6.69. The summed E-state index contributed by atoms with van der Waals surface area (Å²) in [6.45, 7) is 13.9. The van der Waals surface area contributed by atoms with E-state index in [0.717, 1.165) is 37.2 Å². The summed E-state index contributed by atoms with van der Waals surface area (Å²) in [5, 5.41) is 9.44. The first-order valence-electron chi connectivity index (χ1n) is 14.7. The Morgan fingerprint density at radius 2 is 1.68 bits per heavy atom. The van der Waals surface area contributed by atoms with E-state index >= 15 is 0 Å². The zero-order valence-corrected chi connectivity index (χ0v) is 23.1. The third kappa shape index (κ3) is 4.52. The monoisotopic (exact) mass is 478 g/mol. The van der Waals surface area contributed by atoms with E-state index in [1.165, 1.54) is 51.4 Å². The van der Waals surface area contributed by atoms with Gasteiger partial charge in [-0.1, -0.05) is 34.1 Å². The molecule has 4 rings (SSSR count). The van der Waals surface area contributed by atoms with Crippen LogP contribution in [0.15, 0.2) is 0 Å². The molecule has 4 heteroatoms. The number of ether oxygens (including phenoxy) is 3. The Labute approximate surface area is 209 Å². The molecule has 0 radical (unpaired) electrons. The van der Waals surface area contributed by atoms with E-state index in [0.29, 0.717) is 60.1 Å². The highest BCUT2D eigenvalue weighted by atomic mass is 16.7. The molecule has 0 aliphatic heterocycles. The minimum absolute atomic E-state index is 0.310. The van der Waals surface area contributed by atoms with Crippen molar-refractivity contribution in [2.75, 3.05) is 27.1 Å². The Bertz CT molecular complexity index is 654. The molecule has 4 saturated carbocycles. The molecule has 3 unspecified atom stereocenters. The van der Waals surface area contributed by atoms with Crippen molar-refractivity contribution in [3.8, 4) is 0 Å². The van der Waals surface area contributed by atoms with Crippen LogP contribution in [0.1, 0.15) is 98.8 Å². The topological polar surface area (TPSA) is 47.9 Å². The number of hydrogen-bond acceptors (Lipinski definition) is 4. The van der Waals surface area contributed by atoms with E-state index in [4.69, 9.17) is 14.2 Å². The van der Waals surface area contributed by atoms with Crippen LogP contribution in [0.25, 0.3) is 0 Å². The summed E-state index contributed by atoms with van der Waals surface area (Å²) in [7, 11) is 1.77. The van der Waals surface area contributed by atoms with Crippen molar-refractivity contribution < 1.29 is 19.3 Å². The molecule has 4 aliphatic rings. The SMILES string of the molecule is CCO[C@@H]1CC[C@]2(C)C3CC[C@@]4(C)C(CC[C@@H]4[C@H](C)CCCO)C3[C@H](OCOC)[C@H](CC)[C@@H]2C1. The fourth-order valence-electron chi connectivity index (χ4n) is 10.3. The van der Waals surface area contributed by atoms with Crippen LogP contribution in [-0.2, 0) is 14.2 Å². The van der Waals surface area contributed by atoms with Crippen LogP contribution in [0.5, 0.6) is 0 Å². The Hall–Kier alpha value is -0.160. The lowest BCUT2D eigenvalue weighted by Gasteiger charge is -2.65. The second-order valence-corrected chi connectivity index (χ2v) is 12.9. The fourth-order valence-corrected chi connectivity index (χ4v) is 10.3. The minimum Gasteiger partial charge on any atom is -0.396 e. The Morgan fingerprint density at radius 3 is 2.35 bits per heavy atom. The van der Waals surface area contributed by atoms with Gasteiger partial charge in [0, 0.05) is 20.3 Å². The fraction of sp³-hybridized carbons (Fsp3) is 1.00. The van der Waals surface area contributed by atoms with E-state index in [9.17, 15) is 5.11 Å². The molecule has 11 atom stereocenters. The van der Waals surface area contributed by atoms with Crippen molar-refractivity contribution in [3.63, 3.8) is 0 Å². The summed E-state index contributed by atoms with van der Waals surface area (Å²) in [6.07, 6.45) is 13.2. The molecule has 0 heterocycles. The molecule has 4 aliphatic carbocycles. The maximum absolute atomic E-state index is 9.44. The lowest BCUT2D eigenvalue weighted by Crippen LogP contribution is -2.62. The van der Waals surface area contributed by atoms with Gasteiger partial charge < -0.3 is 19.3 Å². The van der Waals surface area contributed by atoms with E-state index < -0.39 is 0 Å². The van der Waals surface area contributed by atoms with Crippen LogP contribution >= 0.6 is 0 Å². The highest BCUT2D eigenvalue weighted by Crippen LogP contribution is 2.70. The van der Waals surface area contributed by atoms with Gasteiger partial charge in [0.15, 0.2) is 0 Å². The van der Waals surface area contributed by atoms with Crippen molar-refractivity contribution in [3.05, 3.63) is 0 Å². The maximum atomic E-state index is 9.44. The normalized spacial score (nSPS) is 47.0. The summed E-state index contributed by atoms with van der Waals surface area (Å²) in [5.41, 5.74) is 0.822. The second kappa shape index (κ2) is 11.1. The first-order valence-corrected chi connectivity index (χ1v) is 14.7. The number of aliphatic hydroxyl groups is 1. The second-order valence-electron chi connectivity index (χ2n) is 12.9. The van der Waals surface area contributed by atoms with Crippen molar-refractivity contribution in [2.24, 2.45) is 52.3 Å². The molecule has 198 valence electrons. The van der Waals surface area contributed by atoms with Crippen LogP contribution < -0.4 is 0 Å². The zero-order chi connectivity index (χ0) is 24.5. The maximum Gasteiger partial charge on any atom is 0.146 e. The van der Waals surface area contributed by atoms with Crippen molar-refractivity contribution in [1.29, 1.82) is 0 Å². The quantitative estimate of drug-likeness (QED) is 0.355. The summed E-state index contributed by atoms with van der Waals surface area (Å²) >= 11 is 0. The van der Waals surface area contributed by atoms with E-state index in [1.54, 1.807) is 7.11 Å². The highest BCUT2D eigenvalue weighted by Gasteiger charge is 2.65. The van der Waals surface area contributed by atoms with Gasteiger partial charge in [0.25, 0.3) is 0 Å². The van der Waals surface area contributed by atoms with Crippen molar-refractivity contribution in [1.82, 2.24) is 0 Å².